The minimum absolute atomic E-state index is 0.0507. The van der Waals surface area contributed by atoms with Crippen molar-refractivity contribution in [3.05, 3.63) is 48.5 Å². The Kier molecular flexibility index (Phi) is 7.20. The van der Waals surface area contributed by atoms with Crippen LogP contribution in [0.2, 0.25) is 0 Å². The topological polar surface area (TPSA) is 125 Å². The van der Waals surface area contributed by atoms with Crippen molar-refractivity contribution in [2.75, 3.05) is 17.6 Å². The molecule has 0 aromatic heterocycles. The molecule has 7 nitrogen and oxygen atoms in total. The second-order valence-electron chi connectivity index (χ2n) is 5.92. The molecule has 0 radical (unpaired) electrons. The maximum atomic E-state index is 12.7. The Balaban J connectivity index is 2.03. The monoisotopic (exact) mass is 386 g/mol. The molecule has 0 aliphatic heterocycles. The Morgan fingerprint density at radius 1 is 1.04 bits per heavy atom. The summed E-state index contributed by atoms with van der Waals surface area (Å²) >= 11 is 0. The van der Waals surface area contributed by atoms with Crippen LogP contribution in [-0.2, 0) is 9.84 Å². The number of anilines is 2. The number of sulfone groups is 1. The highest BCUT2D eigenvalue weighted by molar-refractivity contribution is 7.91. The first-order valence-corrected chi connectivity index (χ1v) is 10.0. The van der Waals surface area contributed by atoms with Gasteiger partial charge < -0.3 is 16.4 Å². The molecule has 2 amide bonds. The van der Waals surface area contributed by atoms with Gasteiger partial charge >= 0.3 is 6.03 Å². The van der Waals surface area contributed by atoms with Crippen molar-refractivity contribution in [2.24, 2.45) is 0 Å². The number of carbonyl (C=O) groups excluding carboxylic acids is 1. The maximum Gasteiger partial charge on any atom is 0.319 e. The molecule has 142 valence electrons. The fourth-order valence-electron chi connectivity index (χ4n) is 2.42. The van der Waals surface area contributed by atoms with E-state index in [1.807, 2.05) is 0 Å². The Bertz CT molecular complexity index is 922. The van der Waals surface area contributed by atoms with Crippen LogP contribution >= 0.6 is 0 Å². The number of benzene rings is 2. The van der Waals surface area contributed by atoms with Gasteiger partial charge in [0.1, 0.15) is 0 Å². The lowest BCUT2D eigenvalue weighted by molar-refractivity contribution is 0.252. The molecular weight excluding hydrogens is 364 g/mol. The lowest BCUT2D eigenvalue weighted by Crippen LogP contribution is -2.29. The number of hydrogen-bond acceptors (Lipinski definition) is 5. The highest BCUT2D eigenvalue weighted by Gasteiger charge is 2.19. The van der Waals surface area contributed by atoms with Crippen molar-refractivity contribution >= 4 is 27.2 Å². The van der Waals surface area contributed by atoms with Crippen molar-refractivity contribution in [1.29, 1.82) is 5.26 Å². The molecular formula is C19H22N4O3S. The molecule has 0 spiro atoms. The third-order valence-corrected chi connectivity index (χ3v) is 5.65. The van der Waals surface area contributed by atoms with Gasteiger partial charge in [0, 0.05) is 13.0 Å². The molecule has 8 heteroatoms. The van der Waals surface area contributed by atoms with E-state index < -0.39 is 15.9 Å². The predicted molar refractivity (Wildman–Crippen MR) is 104 cm³/mol. The van der Waals surface area contributed by atoms with Gasteiger partial charge in [0.15, 0.2) is 0 Å². The lowest BCUT2D eigenvalue weighted by atomic mass is 10.2. The van der Waals surface area contributed by atoms with Crippen LogP contribution in [-0.4, -0.2) is 21.0 Å². The van der Waals surface area contributed by atoms with Gasteiger partial charge in [-0.05, 0) is 43.2 Å². The molecule has 2 aromatic rings. The first-order valence-electron chi connectivity index (χ1n) is 8.56. The van der Waals surface area contributed by atoms with E-state index in [0.717, 1.165) is 19.3 Å². The quantitative estimate of drug-likeness (QED) is 0.474. The summed E-state index contributed by atoms with van der Waals surface area (Å²) in [6.45, 7) is 0.458. The van der Waals surface area contributed by atoms with Crippen molar-refractivity contribution < 1.29 is 13.2 Å². The number of unbranched alkanes of at least 4 members (excludes halogenated alkanes) is 3. The maximum absolute atomic E-state index is 12.7. The van der Waals surface area contributed by atoms with Crippen LogP contribution in [0.1, 0.15) is 25.7 Å². The van der Waals surface area contributed by atoms with E-state index in [1.165, 1.54) is 30.3 Å². The number of rotatable bonds is 8. The molecule has 0 heterocycles. The number of carbonyl (C=O) groups is 1. The van der Waals surface area contributed by atoms with E-state index in [9.17, 15) is 13.2 Å². The molecule has 27 heavy (non-hydrogen) atoms. The second kappa shape index (κ2) is 9.59. The fourth-order valence-corrected chi connectivity index (χ4v) is 3.73. The average molecular weight is 386 g/mol. The van der Waals surface area contributed by atoms with E-state index in [4.69, 9.17) is 11.0 Å². The van der Waals surface area contributed by atoms with Gasteiger partial charge in [0.05, 0.1) is 27.2 Å². The average Bonchev–Trinajstić information content (AvgIpc) is 2.67. The summed E-state index contributed by atoms with van der Waals surface area (Å²) < 4.78 is 25.4. The van der Waals surface area contributed by atoms with Crippen LogP contribution in [0, 0.1) is 11.3 Å². The Morgan fingerprint density at radius 3 is 2.48 bits per heavy atom. The van der Waals surface area contributed by atoms with Gasteiger partial charge in [-0.1, -0.05) is 24.6 Å². The molecule has 0 unspecified atom stereocenters. The highest BCUT2D eigenvalue weighted by Crippen LogP contribution is 2.27. The minimum atomic E-state index is -3.70. The molecule has 0 saturated heterocycles. The third kappa shape index (κ3) is 5.72. The minimum Gasteiger partial charge on any atom is -0.397 e. The zero-order valence-corrected chi connectivity index (χ0v) is 15.6. The summed E-state index contributed by atoms with van der Waals surface area (Å²) in [5, 5.41) is 13.7. The van der Waals surface area contributed by atoms with Crippen LogP contribution in [0.5, 0.6) is 0 Å². The summed E-state index contributed by atoms with van der Waals surface area (Å²) in [4.78, 5) is 12.2. The Hall–Kier alpha value is -3.05. The zero-order valence-electron chi connectivity index (χ0n) is 14.8. The number of nitrogen functional groups attached to an aromatic ring is 1. The lowest BCUT2D eigenvalue weighted by Gasteiger charge is -2.12. The number of nitrogens with one attached hydrogen (secondary N) is 2. The van der Waals surface area contributed by atoms with Gasteiger partial charge in [-0.3, -0.25) is 0 Å². The van der Waals surface area contributed by atoms with E-state index >= 15 is 0 Å². The van der Waals surface area contributed by atoms with Crippen molar-refractivity contribution in [1.82, 2.24) is 5.32 Å². The van der Waals surface area contributed by atoms with Crippen molar-refractivity contribution in [3.63, 3.8) is 0 Å². The SMILES string of the molecule is N#CCCCCCNC(=O)Nc1cc(S(=O)(=O)c2ccccc2)ccc1N. The van der Waals surface area contributed by atoms with Crippen LogP contribution in [0.4, 0.5) is 16.2 Å². The van der Waals surface area contributed by atoms with Gasteiger partial charge in [-0.2, -0.15) is 5.26 Å². The number of nitrogens with two attached hydrogens (primary N) is 1. The van der Waals surface area contributed by atoms with Gasteiger partial charge in [0.2, 0.25) is 9.84 Å². The van der Waals surface area contributed by atoms with Crippen LogP contribution < -0.4 is 16.4 Å². The van der Waals surface area contributed by atoms with E-state index in [2.05, 4.69) is 16.7 Å². The third-order valence-electron chi connectivity index (χ3n) is 3.89. The van der Waals surface area contributed by atoms with Gasteiger partial charge in [-0.15, -0.1) is 0 Å². The summed E-state index contributed by atoms with van der Waals surface area (Å²) in [5.74, 6) is 0. The van der Waals surface area contributed by atoms with Crippen LogP contribution in [0.3, 0.4) is 0 Å². The molecule has 4 N–H and O–H groups in total. The molecule has 0 aliphatic carbocycles. The molecule has 0 aliphatic rings. The number of nitrogens with zero attached hydrogens (tertiary/aromatic N) is 1. The van der Waals surface area contributed by atoms with Crippen LogP contribution in [0.15, 0.2) is 58.3 Å². The second-order valence-corrected chi connectivity index (χ2v) is 7.86. The Morgan fingerprint density at radius 2 is 1.78 bits per heavy atom. The summed E-state index contributed by atoms with van der Waals surface area (Å²) in [6, 6.07) is 13.9. The molecule has 0 bridgehead atoms. The fraction of sp³-hybridized carbons (Fsp3) is 0.263. The summed E-state index contributed by atoms with van der Waals surface area (Å²) in [5.41, 5.74) is 6.36. The number of amides is 2. The summed E-state index contributed by atoms with van der Waals surface area (Å²) in [6.07, 6.45) is 2.91. The first kappa shape index (κ1) is 20.3. The first-order chi connectivity index (χ1) is 12.9. The number of hydrogen-bond donors (Lipinski definition) is 3. The molecule has 0 atom stereocenters. The number of urea groups is 1. The van der Waals surface area contributed by atoms with Crippen molar-refractivity contribution in [3.8, 4) is 6.07 Å². The highest BCUT2D eigenvalue weighted by atomic mass is 32.2. The normalized spacial score (nSPS) is 10.8. The van der Waals surface area contributed by atoms with E-state index in [1.54, 1.807) is 18.2 Å². The zero-order chi connectivity index (χ0) is 19.7. The molecule has 0 fully saturated rings. The molecule has 0 saturated carbocycles. The van der Waals surface area contributed by atoms with Gasteiger partial charge in [-0.25, -0.2) is 13.2 Å². The molecule has 2 rings (SSSR count). The van der Waals surface area contributed by atoms with Gasteiger partial charge in [0.25, 0.3) is 0 Å². The number of nitriles is 1. The molecule has 2 aromatic carbocycles. The van der Waals surface area contributed by atoms with Crippen molar-refractivity contribution in [2.45, 2.75) is 35.5 Å². The largest absolute Gasteiger partial charge is 0.397 e. The Labute approximate surface area is 159 Å². The smallest absolute Gasteiger partial charge is 0.319 e. The standard InChI is InChI=1S/C19H22N4O3S/c20-12-6-1-2-7-13-22-19(24)23-18-14-16(10-11-17(18)21)27(25,26)15-8-4-3-5-9-15/h3-5,8-11,14H,1-2,6-7,13,21H2,(H2,22,23,24). The van der Waals surface area contributed by atoms with E-state index in [-0.39, 0.29) is 21.2 Å². The van der Waals surface area contributed by atoms with E-state index in [0.29, 0.717) is 13.0 Å². The van der Waals surface area contributed by atoms with Crippen LogP contribution in [0.25, 0.3) is 0 Å². The summed E-state index contributed by atoms with van der Waals surface area (Å²) in [7, 11) is -3.70. The predicted octanol–water partition coefficient (Wildman–Crippen LogP) is 3.31.